The molecule has 2 heterocycles. The molecule has 4 bridgehead atoms. The summed E-state index contributed by atoms with van der Waals surface area (Å²) in [5.74, 6) is -1.65. The summed E-state index contributed by atoms with van der Waals surface area (Å²) >= 11 is 0. The number of rotatable bonds is 6. The van der Waals surface area contributed by atoms with Gasteiger partial charge in [0, 0.05) is 10.8 Å². The molecule has 5 atom stereocenters. The first-order valence-corrected chi connectivity index (χ1v) is 19.4. The largest absolute Gasteiger partial charge is 0.458 e. The van der Waals surface area contributed by atoms with E-state index in [1.54, 1.807) is 0 Å². The minimum atomic E-state index is -1.29. The Morgan fingerprint density at radius 2 is 0.964 bits per heavy atom. The van der Waals surface area contributed by atoms with Crippen LogP contribution in [0.25, 0.3) is 22.3 Å². The summed E-state index contributed by atoms with van der Waals surface area (Å²) in [5, 5.41) is 0. The lowest BCUT2D eigenvalue weighted by Crippen LogP contribution is -2.48. The Morgan fingerprint density at radius 3 is 1.45 bits per heavy atom. The second-order valence-corrected chi connectivity index (χ2v) is 18.1. The minimum Gasteiger partial charge on any atom is -0.458 e. The number of carbonyl (C=O) groups is 4. The zero-order valence-electron chi connectivity index (χ0n) is 32.1. The average Bonchev–Trinajstić information content (AvgIpc) is 3.85. The molecular weight excluding hydrogens is 693 g/mol. The van der Waals surface area contributed by atoms with Gasteiger partial charge in [-0.25, -0.2) is 9.59 Å². The van der Waals surface area contributed by atoms with Crippen LogP contribution >= 0.6 is 0 Å². The Balaban J connectivity index is 1.00. The van der Waals surface area contributed by atoms with Crippen molar-refractivity contribution in [2.24, 2.45) is 21.7 Å². The molecule has 2 saturated carbocycles. The molecule has 4 aromatic rings. The smallest absolute Gasteiger partial charge is 0.351 e. The SMILES string of the molecule is CC12CCC(C(=O)OCc3ccc4c(c3)-c3ccccc3C43c4ccccc4-c4ccc(COC(=O)C56CCC(C)(C(=O)O5)C6(C)C)cc43)(OC1=O)C2(C)C. The van der Waals surface area contributed by atoms with Crippen LogP contribution in [0.2, 0.25) is 0 Å². The summed E-state index contributed by atoms with van der Waals surface area (Å²) in [7, 11) is 0. The van der Waals surface area contributed by atoms with Gasteiger partial charge in [-0.05, 0) is 101 Å². The van der Waals surface area contributed by atoms with E-state index in [-0.39, 0.29) is 25.2 Å². The Morgan fingerprint density at radius 1 is 0.527 bits per heavy atom. The van der Waals surface area contributed by atoms with E-state index in [0.717, 1.165) is 50.1 Å². The maximum Gasteiger partial charge on any atom is 0.351 e. The molecule has 0 amide bonds. The fourth-order valence-electron chi connectivity index (χ4n) is 11.4. The molecule has 4 fully saturated rings. The van der Waals surface area contributed by atoms with Gasteiger partial charge in [-0.15, -0.1) is 0 Å². The van der Waals surface area contributed by atoms with E-state index in [0.29, 0.717) is 25.7 Å². The van der Waals surface area contributed by atoms with Crippen LogP contribution in [0.4, 0.5) is 0 Å². The summed E-state index contributed by atoms with van der Waals surface area (Å²) in [6, 6.07) is 29.5. The summed E-state index contributed by atoms with van der Waals surface area (Å²) in [5.41, 5.74) is 4.56. The normalized spacial score (nSPS) is 31.7. The van der Waals surface area contributed by atoms with Crippen LogP contribution < -0.4 is 0 Å². The fraction of sp³-hybridized carbons (Fsp3) is 0.404. The lowest BCUT2D eigenvalue weighted by molar-refractivity contribution is -0.184. The van der Waals surface area contributed by atoms with Gasteiger partial charge in [0.2, 0.25) is 11.2 Å². The predicted molar refractivity (Wildman–Crippen MR) is 202 cm³/mol. The van der Waals surface area contributed by atoms with Gasteiger partial charge in [0.05, 0.1) is 16.2 Å². The summed E-state index contributed by atoms with van der Waals surface area (Å²) < 4.78 is 23.7. The third-order valence-electron chi connectivity index (χ3n) is 15.8. The zero-order valence-corrected chi connectivity index (χ0v) is 32.1. The van der Waals surface area contributed by atoms with Gasteiger partial charge in [-0.2, -0.15) is 0 Å². The summed E-state index contributed by atoms with van der Waals surface area (Å²) in [6.07, 6.45) is 2.08. The lowest BCUT2D eigenvalue weighted by Gasteiger charge is -2.34. The maximum atomic E-state index is 13.8. The molecule has 0 N–H and O–H groups in total. The molecule has 4 aliphatic carbocycles. The number of ether oxygens (including phenoxy) is 4. The molecule has 0 aromatic heterocycles. The third-order valence-corrected chi connectivity index (χ3v) is 15.8. The second-order valence-electron chi connectivity index (χ2n) is 18.1. The van der Waals surface area contributed by atoms with Gasteiger partial charge >= 0.3 is 23.9 Å². The van der Waals surface area contributed by atoms with Gasteiger partial charge in [0.15, 0.2) is 0 Å². The fourth-order valence-corrected chi connectivity index (χ4v) is 11.4. The third kappa shape index (κ3) is 3.74. The number of carbonyl (C=O) groups excluding carboxylic acids is 4. The summed E-state index contributed by atoms with van der Waals surface area (Å²) in [4.78, 5) is 53.3. The van der Waals surface area contributed by atoms with Gasteiger partial charge in [-0.1, -0.05) is 107 Å². The first kappa shape index (κ1) is 34.3. The van der Waals surface area contributed by atoms with Crippen molar-refractivity contribution in [3.8, 4) is 22.3 Å². The van der Waals surface area contributed by atoms with Crippen LogP contribution in [-0.4, -0.2) is 35.1 Å². The molecule has 0 radical (unpaired) electrons. The number of hydrogen-bond acceptors (Lipinski definition) is 8. The molecule has 2 saturated heterocycles. The van der Waals surface area contributed by atoms with Crippen molar-refractivity contribution in [3.63, 3.8) is 0 Å². The number of esters is 4. The number of fused-ring (bicyclic) bond motifs is 14. The molecule has 10 rings (SSSR count). The van der Waals surface area contributed by atoms with Crippen LogP contribution in [0.1, 0.15) is 101 Å². The molecule has 2 aliphatic heterocycles. The van der Waals surface area contributed by atoms with Crippen LogP contribution in [0, 0.1) is 21.7 Å². The summed E-state index contributed by atoms with van der Waals surface area (Å²) in [6.45, 7) is 11.6. The van der Waals surface area contributed by atoms with Gasteiger partial charge in [0.25, 0.3) is 0 Å². The van der Waals surface area contributed by atoms with Crippen molar-refractivity contribution in [1.82, 2.24) is 0 Å². The second kappa shape index (κ2) is 10.5. The van der Waals surface area contributed by atoms with Crippen molar-refractivity contribution in [3.05, 3.63) is 118 Å². The number of hydrogen-bond donors (Lipinski definition) is 0. The van der Waals surface area contributed by atoms with Gasteiger partial charge in [0.1, 0.15) is 13.2 Å². The molecule has 1 spiro atoms. The minimum absolute atomic E-state index is 0.0379. The van der Waals surface area contributed by atoms with Crippen LogP contribution in [0.5, 0.6) is 0 Å². The first-order valence-electron chi connectivity index (χ1n) is 19.4. The van der Waals surface area contributed by atoms with Crippen molar-refractivity contribution in [1.29, 1.82) is 0 Å². The van der Waals surface area contributed by atoms with Crippen molar-refractivity contribution in [2.75, 3.05) is 0 Å². The molecule has 4 aromatic carbocycles. The predicted octanol–water partition coefficient (Wildman–Crippen LogP) is 8.36. The highest BCUT2D eigenvalue weighted by molar-refractivity contribution is 5.96. The molecule has 5 unspecified atom stereocenters. The van der Waals surface area contributed by atoms with E-state index < -0.39 is 50.2 Å². The standard InChI is InChI=1S/C47H44O8/c1-41(2)43(5)19-21-45(41,54-37(43)48)39(50)52-25-27-16-18-35-32(23-27)30-12-8-10-14-34(30)47(35)33-13-9-7-11-29(33)31-17-15-28(24-36(31)47)26-53-40(51)46-22-20-44(6,38(49)55-46)42(46,3)4/h7-18,23-24H,19-22,25-26H2,1-6H3. The van der Waals surface area contributed by atoms with Crippen LogP contribution in [0.15, 0.2) is 84.9 Å². The van der Waals surface area contributed by atoms with E-state index in [1.807, 2.05) is 59.7 Å². The van der Waals surface area contributed by atoms with E-state index in [4.69, 9.17) is 18.9 Å². The maximum absolute atomic E-state index is 13.8. The van der Waals surface area contributed by atoms with Gasteiger partial charge in [-0.3, -0.25) is 9.59 Å². The number of benzene rings is 4. The molecule has 8 nitrogen and oxygen atoms in total. The molecule has 8 heteroatoms. The van der Waals surface area contributed by atoms with E-state index in [2.05, 4.69) is 66.7 Å². The Hall–Kier alpha value is -5.24. The quantitative estimate of drug-likeness (QED) is 0.124. The monoisotopic (exact) mass is 736 g/mol. The highest BCUT2D eigenvalue weighted by atomic mass is 16.6. The molecule has 6 aliphatic rings. The lowest BCUT2D eigenvalue weighted by atomic mass is 9.66. The topological polar surface area (TPSA) is 105 Å². The van der Waals surface area contributed by atoms with Crippen molar-refractivity contribution >= 4 is 23.9 Å². The zero-order chi connectivity index (χ0) is 38.6. The van der Waals surface area contributed by atoms with Crippen molar-refractivity contribution < 1.29 is 38.1 Å². The Kier molecular flexibility index (Phi) is 6.56. The average molecular weight is 737 g/mol. The highest BCUT2D eigenvalue weighted by Crippen LogP contribution is 2.67. The molecule has 55 heavy (non-hydrogen) atoms. The van der Waals surface area contributed by atoms with Crippen LogP contribution in [0.3, 0.4) is 0 Å². The Labute approximate surface area is 320 Å². The van der Waals surface area contributed by atoms with Crippen molar-refractivity contribution in [2.45, 2.75) is 97.1 Å². The van der Waals surface area contributed by atoms with E-state index >= 15 is 0 Å². The van der Waals surface area contributed by atoms with Gasteiger partial charge < -0.3 is 18.9 Å². The van der Waals surface area contributed by atoms with Crippen LogP contribution in [-0.2, 0) is 56.8 Å². The molecular formula is C47H44O8. The highest BCUT2D eigenvalue weighted by Gasteiger charge is 2.77. The van der Waals surface area contributed by atoms with E-state index in [9.17, 15) is 19.2 Å². The van der Waals surface area contributed by atoms with E-state index in [1.165, 1.54) is 5.56 Å². The Bertz CT molecular complexity index is 2440. The molecule has 280 valence electrons. The first-order chi connectivity index (χ1) is 26.1.